The van der Waals surface area contributed by atoms with Crippen molar-refractivity contribution < 1.29 is 4.79 Å². The molecule has 5 nitrogen and oxygen atoms in total. The summed E-state index contributed by atoms with van der Waals surface area (Å²) in [5, 5.41) is 0. The zero-order valence-corrected chi connectivity index (χ0v) is 21.2. The number of hydrogen-bond acceptors (Lipinski definition) is 3. The maximum atomic E-state index is 13.2. The molecule has 2 aliphatic rings. The van der Waals surface area contributed by atoms with Crippen molar-refractivity contribution in [3.8, 4) is 0 Å². The topological polar surface area (TPSA) is 41.4 Å². The molecule has 0 unspecified atom stereocenters. The molecule has 0 spiro atoms. The number of benzene rings is 2. The van der Waals surface area contributed by atoms with E-state index in [-0.39, 0.29) is 5.92 Å². The molecular formula is C30H40N4O. The van der Waals surface area contributed by atoms with E-state index in [9.17, 15) is 4.79 Å². The highest BCUT2D eigenvalue weighted by atomic mass is 16.2. The third kappa shape index (κ3) is 5.78. The van der Waals surface area contributed by atoms with Gasteiger partial charge >= 0.3 is 0 Å². The first-order chi connectivity index (χ1) is 17.2. The van der Waals surface area contributed by atoms with Gasteiger partial charge in [0.05, 0.1) is 17.6 Å². The van der Waals surface area contributed by atoms with Crippen LogP contribution in [-0.2, 0) is 17.9 Å². The van der Waals surface area contributed by atoms with Crippen LogP contribution in [0.25, 0.3) is 11.0 Å². The van der Waals surface area contributed by atoms with Crippen LogP contribution in [0.2, 0.25) is 0 Å². The van der Waals surface area contributed by atoms with Gasteiger partial charge in [0.1, 0.15) is 5.82 Å². The number of para-hydroxylation sites is 2. The lowest BCUT2D eigenvalue weighted by Gasteiger charge is -2.38. The Labute approximate surface area is 210 Å². The average molecular weight is 473 g/mol. The summed E-state index contributed by atoms with van der Waals surface area (Å²) >= 11 is 0. The number of rotatable bonds is 8. The molecular weight excluding hydrogens is 432 g/mol. The third-order valence-electron chi connectivity index (χ3n) is 8.13. The number of nitrogens with zero attached hydrogens (tertiary/aromatic N) is 4. The summed E-state index contributed by atoms with van der Waals surface area (Å²) in [5.41, 5.74) is 3.54. The van der Waals surface area contributed by atoms with Crippen molar-refractivity contribution >= 4 is 16.9 Å². The van der Waals surface area contributed by atoms with Gasteiger partial charge in [-0.2, -0.15) is 0 Å². The first-order valence-electron chi connectivity index (χ1n) is 13.7. The number of aromatic nitrogens is 2. The number of carbonyl (C=O) groups is 1. The molecule has 0 bridgehead atoms. The summed E-state index contributed by atoms with van der Waals surface area (Å²) in [6.07, 6.45) is 8.65. The molecule has 1 amide bonds. The van der Waals surface area contributed by atoms with E-state index in [1.165, 1.54) is 43.2 Å². The lowest BCUT2D eigenvalue weighted by Crippen LogP contribution is -2.50. The summed E-state index contributed by atoms with van der Waals surface area (Å²) in [6, 6.07) is 19.1. The first-order valence-corrected chi connectivity index (χ1v) is 13.7. The molecule has 186 valence electrons. The lowest BCUT2D eigenvalue weighted by molar-refractivity contribution is -0.138. The molecule has 1 aromatic heterocycles. The molecule has 0 atom stereocenters. The number of unbranched alkanes of at least 4 members (excludes halogenated alkanes) is 1. The Morgan fingerprint density at radius 2 is 1.60 bits per heavy atom. The van der Waals surface area contributed by atoms with E-state index in [2.05, 4.69) is 75.9 Å². The molecule has 0 radical (unpaired) electrons. The second kappa shape index (κ2) is 11.4. The van der Waals surface area contributed by atoms with Gasteiger partial charge in [0, 0.05) is 38.6 Å². The number of hydrogen-bond donors (Lipinski definition) is 0. The number of fused-ring (bicyclic) bond motifs is 1. The minimum Gasteiger partial charge on any atom is -0.340 e. The van der Waals surface area contributed by atoms with Crippen molar-refractivity contribution in [2.24, 2.45) is 11.8 Å². The van der Waals surface area contributed by atoms with Crippen LogP contribution in [0, 0.1) is 11.8 Å². The Balaban J connectivity index is 1.18. The summed E-state index contributed by atoms with van der Waals surface area (Å²) < 4.78 is 2.36. The fourth-order valence-corrected chi connectivity index (χ4v) is 5.96. The Morgan fingerprint density at radius 3 is 2.34 bits per heavy atom. The molecule has 1 saturated carbocycles. The van der Waals surface area contributed by atoms with Crippen LogP contribution < -0.4 is 0 Å². The monoisotopic (exact) mass is 472 g/mol. The number of imidazole rings is 1. The number of carbonyl (C=O) groups excluding carboxylic acids is 1. The zero-order chi connectivity index (χ0) is 24.0. The Bertz CT molecular complexity index is 1090. The highest BCUT2D eigenvalue weighted by molar-refractivity contribution is 5.79. The molecule has 2 fully saturated rings. The van der Waals surface area contributed by atoms with Gasteiger partial charge in [-0.1, -0.05) is 68.7 Å². The standard InChI is InChI=1S/C30H40N4O/c1-2-3-9-24-14-16-26(17-15-24)30(35)33-20-18-32(19-21-33)23-29-31-27-12-7-8-13-28(27)34(29)22-25-10-5-4-6-11-25/h4-8,10-13,24,26H,2-3,9,14-23H2,1H3. The van der Waals surface area contributed by atoms with E-state index in [1.807, 2.05) is 0 Å². The normalized spacial score (nSPS) is 21.5. The van der Waals surface area contributed by atoms with Gasteiger partial charge in [-0.25, -0.2) is 4.98 Å². The van der Waals surface area contributed by atoms with Crippen molar-refractivity contribution in [2.75, 3.05) is 26.2 Å². The summed E-state index contributed by atoms with van der Waals surface area (Å²) in [5.74, 6) is 2.63. The van der Waals surface area contributed by atoms with Gasteiger partial charge in [-0.05, 0) is 49.3 Å². The lowest BCUT2D eigenvalue weighted by atomic mass is 9.79. The molecule has 1 saturated heterocycles. The van der Waals surface area contributed by atoms with Crippen LogP contribution in [0.1, 0.15) is 63.3 Å². The van der Waals surface area contributed by atoms with Gasteiger partial charge in [0.15, 0.2) is 0 Å². The summed E-state index contributed by atoms with van der Waals surface area (Å²) in [7, 11) is 0. The largest absolute Gasteiger partial charge is 0.340 e. The molecule has 35 heavy (non-hydrogen) atoms. The second-order valence-corrected chi connectivity index (χ2v) is 10.5. The van der Waals surface area contributed by atoms with E-state index in [1.54, 1.807) is 0 Å². The fraction of sp³-hybridized carbons (Fsp3) is 0.533. The smallest absolute Gasteiger partial charge is 0.225 e. The highest BCUT2D eigenvalue weighted by Crippen LogP contribution is 2.33. The molecule has 3 aromatic rings. The van der Waals surface area contributed by atoms with Gasteiger partial charge in [-0.15, -0.1) is 0 Å². The van der Waals surface area contributed by atoms with Gasteiger partial charge in [0.2, 0.25) is 5.91 Å². The Kier molecular flexibility index (Phi) is 7.82. The van der Waals surface area contributed by atoms with Crippen molar-refractivity contribution in [1.29, 1.82) is 0 Å². The molecule has 5 rings (SSSR count). The van der Waals surface area contributed by atoms with E-state index in [0.29, 0.717) is 5.91 Å². The molecule has 1 aliphatic heterocycles. The summed E-state index contributed by atoms with van der Waals surface area (Å²) in [4.78, 5) is 22.8. The molecule has 1 aliphatic carbocycles. The van der Waals surface area contributed by atoms with Crippen molar-refractivity contribution in [3.05, 3.63) is 66.0 Å². The minimum absolute atomic E-state index is 0.259. The Morgan fingerprint density at radius 1 is 0.886 bits per heavy atom. The van der Waals surface area contributed by atoms with Gasteiger partial charge in [0.25, 0.3) is 0 Å². The van der Waals surface area contributed by atoms with Crippen molar-refractivity contribution in [3.63, 3.8) is 0 Å². The zero-order valence-electron chi connectivity index (χ0n) is 21.2. The van der Waals surface area contributed by atoms with E-state index in [0.717, 1.165) is 69.4 Å². The van der Waals surface area contributed by atoms with Crippen LogP contribution in [0.4, 0.5) is 0 Å². The van der Waals surface area contributed by atoms with Crippen LogP contribution >= 0.6 is 0 Å². The number of piperazine rings is 1. The summed E-state index contributed by atoms with van der Waals surface area (Å²) in [6.45, 7) is 7.45. The molecule has 0 N–H and O–H groups in total. The molecule has 2 aromatic carbocycles. The highest BCUT2D eigenvalue weighted by Gasteiger charge is 2.31. The minimum atomic E-state index is 0.259. The fourth-order valence-electron chi connectivity index (χ4n) is 5.96. The first kappa shape index (κ1) is 24.1. The predicted molar refractivity (Wildman–Crippen MR) is 142 cm³/mol. The van der Waals surface area contributed by atoms with Crippen molar-refractivity contribution in [1.82, 2.24) is 19.4 Å². The van der Waals surface area contributed by atoms with Crippen LogP contribution in [0.15, 0.2) is 54.6 Å². The number of amides is 1. The van der Waals surface area contributed by atoms with Crippen LogP contribution in [-0.4, -0.2) is 51.4 Å². The SMILES string of the molecule is CCCCC1CCC(C(=O)N2CCN(Cc3nc4ccccc4n3Cc3ccccc3)CC2)CC1. The van der Waals surface area contributed by atoms with Gasteiger partial charge in [-0.3, -0.25) is 9.69 Å². The molecule has 5 heteroatoms. The van der Waals surface area contributed by atoms with Crippen molar-refractivity contribution in [2.45, 2.75) is 65.0 Å². The molecule has 2 heterocycles. The predicted octanol–water partition coefficient (Wildman–Crippen LogP) is 5.73. The van der Waals surface area contributed by atoms with E-state index < -0.39 is 0 Å². The van der Waals surface area contributed by atoms with Crippen LogP contribution in [0.3, 0.4) is 0 Å². The second-order valence-electron chi connectivity index (χ2n) is 10.5. The van der Waals surface area contributed by atoms with Gasteiger partial charge < -0.3 is 9.47 Å². The Hall–Kier alpha value is -2.66. The van der Waals surface area contributed by atoms with E-state index in [4.69, 9.17) is 4.98 Å². The average Bonchev–Trinajstić information content (AvgIpc) is 3.25. The third-order valence-corrected chi connectivity index (χ3v) is 8.13. The van der Waals surface area contributed by atoms with E-state index >= 15 is 0 Å². The maximum absolute atomic E-state index is 13.2. The van der Waals surface area contributed by atoms with Crippen LogP contribution in [0.5, 0.6) is 0 Å². The maximum Gasteiger partial charge on any atom is 0.225 e. The quantitative estimate of drug-likeness (QED) is 0.421.